The maximum atomic E-state index is 6.09. The quantitative estimate of drug-likeness (QED) is 0.674. The van der Waals surface area contributed by atoms with Gasteiger partial charge in [-0.1, -0.05) is 18.5 Å². The summed E-state index contributed by atoms with van der Waals surface area (Å²) >= 11 is 6.09. The van der Waals surface area contributed by atoms with Gasteiger partial charge in [0.05, 0.1) is 33.0 Å². The molecule has 0 saturated heterocycles. The van der Waals surface area contributed by atoms with E-state index >= 15 is 0 Å². The third kappa shape index (κ3) is 5.67. The number of hydrogen-bond donors (Lipinski definition) is 1. The fourth-order valence-corrected chi connectivity index (χ4v) is 2.08. The molecule has 0 aliphatic heterocycles. The van der Waals surface area contributed by atoms with Crippen LogP contribution in [-0.2, 0) is 9.47 Å². The van der Waals surface area contributed by atoms with Crippen LogP contribution in [0.15, 0.2) is 18.2 Å². The highest BCUT2D eigenvalue weighted by molar-refractivity contribution is 6.30. The van der Waals surface area contributed by atoms with E-state index in [0.717, 1.165) is 24.3 Å². The summed E-state index contributed by atoms with van der Waals surface area (Å²) in [4.78, 5) is 0. The van der Waals surface area contributed by atoms with E-state index < -0.39 is 0 Å². The van der Waals surface area contributed by atoms with E-state index in [1.165, 1.54) is 0 Å². The first-order valence-corrected chi connectivity index (χ1v) is 7.24. The molecule has 4 nitrogen and oxygen atoms in total. The van der Waals surface area contributed by atoms with Crippen molar-refractivity contribution >= 4 is 11.6 Å². The van der Waals surface area contributed by atoms with E-state index in [4.69, 9.17) is 25.8 Å². The van der Waals surface area contributed by atoms with Crippen molar-refractivity contribution in [3.8, 4) is 5.75 Å². The van der Waals surface area contributed by atoms with Gasteiger partial charge in [0.2, 0.25) is 0 Å². The highest BCUT2D eigenvalue weighted by atomic mass is 35.5. The molecular weight excluding hydrogens is 278 g/mol. The minimum atomic E-state index is 0.0560. The van der Waals surface area contributed by atoms with Gasteiger partial charge in [0.1, 0.15) is 5.75 Å². The lowest BCUT2D eigenvalue weighted by molar-refractivity contribution is 0.0582. The van der Waals surface area contributed by atoms with Gasteiger partial charge in [0, 0.05) is 17.7 Å². The summed E-state index contributed by atoms with van der Waals surface area (Å²) in [6, 6.07) is 5.69. The van der Waals surface area contributed by atoms with Gasteiger partial charge in [-0.3, -0.25) is 0 Å². The zero-order valence-electron chi connectivity index (χ0n) is 12.4. The molecule has 0 spiro atoms. The first-order chi connectivity index (χ1) is 9.72. The van der Waals surface area contributed by atoms with Crippen LogP contribution in [0.4, 0.5) is 0 Å². The average molecular weight is 302 g/mol. The Morgan fingerprint density at radius 1 is 1.25 bits per heavy atom. The number of ether oxygens (including phenoxy) is 3. The van der Waals surface area contributed by atoms with Gasteiger partial charge < -0.3 is 19.5 Å². The zero-order valence-corrected chi connectivity index (χ0v) is 13.2. The highest BCUT2D eigenvalue weighted by Crippen LogP contribution is 2.28. The van der Waals surface area contributed by atoms with Crippen LogP contribution in [-0.4, -0.2) is 40.6 Å². The van der Waals surface area contributed by atoms with Crippen molar-refractivity contribution < 1.29 is 14.2 Å². The lowest BCUT2D eigenvalue weighted by Gasteiger charge is -2.21. The fraction of sp³-hybridized carbons (Fsp3) is 0.600. The summed E-state index contributed by atoms with van der Waals surface area (Å²) in [5, 5.41) is 4.16. The Balaban J connectivity index is 2.77. The predicted molar refractivity (Wildman–Crippen MR) is 81.7 cm³/mol. The van der Waals surface area contributed by atoms with Crippen molar-refractivity contribution in [1.29, 1.82) is 0 Å². The third-order valence-electron chi connectivity index (χ3n) is 2.92. The predicted octanol–water partition coefficient (Wildman–Crippen LogP) is 3.05. The second-order valence-electron chi connectivity index (χ2n) is 4.46. The lowest BCUT2D eigenvalue weighted by atomic mass is 10.1. The second-order valence-corrected chi connectivity index (χ2v) is 4.90. The molecule has 0 fully saturated rings. The summed E-state index contributed by atoms with van der Waals surface area (Å²) < 4.78 is 16.0. The van der Waals surface area contributed by atoms with Crippen molar-refractivity contribution in [2.75, 3.05) is 40.6 Å². The molecule has 5 heteroatoms. The number of rotatable bonds is 10. The molecular formula is C15H24ClNO3. The number of hydrogen-bond acceptors (Lipinski definition) is 4. The molecule has 0 heterocycles. The van der Waals surface area contributed by atoms with Gasteiger partial charge in [-0.25, -0.2) is 0 Å². The van der Waals surface area contributed by atoms with Crippen LogP contribution in [0.1, 0.15) is 24.9 Å². The number of methoxy groups -OCH3 is 2. The molecule has 1 unspecified atom stereocenters. The van der Waals surface area contributed by atoms with E-state index in [1.54, 1.807) is 14.2 Å². The number of benzene rings is 1. The third-order valence-corrected chi connectivity index (χ3v) is 3.16. The average Bonchev–Trinajstić information content (AvgIpc) is 2.46. The van der Waals surface area contributed by atoms with Crippen LogP contribution in [0, 0.1) is 0 Å². The molecule has 1 N–H and O–H groups in total. The molecule has 0 amide bonds. The molecule has 1 rings (SSSR count). The monoisotopic (exact) mass is 301 g/mol. The standard InChI is InChI=1S/C15H24ClNO3/c1-4-7-17-14(11-20-9-8-18-2)13-10-12(16)5-6-15(13)19-3/h5-6,10,14,17H,4,7-9,11H2,1-3H3. The summed E-state index contributed by atoms with van der Waals surface area (Å²) in [5.74, 6) is 0.818. The largest absolute Gasteiger partial charge is 0.496 e. The molecule has 0 radical (unpaired) electrons. The van der Waals surface area contributed by atoms with Crippen LogP contribution in [0.2, 0.25) is 5.02 Å². The highest BCUT2D eigenvalue weighted by Gasteiger charge is 2.16. The van der Waals surface area contributed by atoms with Gasteiger partial charge in [-0.05, 0) is 31.2 Å². The Bertz CT molecular complexity index is 387. The molecule has 0 saturated carbocycles. The first-order valence-electron chi connectivity index (χ1n) is 6.86. The minimum Gasteiger partial charge on any atom is -0.496 e. The van der Waals surface area contributed by atoms with Gasteiger partial charge in [-0.2, -0.15) is 0 Å². The van der Waals surface area contributed by atoms with Crippen LogP contribution in [0.25, 0.3) is 0 Å². The summed E-state index contributed by atoms with van der Waals surface area (Å²) in [6.45, 7) is 4.76. The molecule has 20 heavy (non-hydrogen) atoms. The lowest BCUT2D eigenvalue weighted by Crippen LogP contribution is -2.27. The molecule has 1 aromatic rings. The zero-order chi connectivity index (χ0) is 14.8. The first kappa shape index (κ1) is 17.2. The van der Waals surface area contributed by atoms with Crippen LogP contribution in [0.3, 0.4) is 0 Å². The van der Waals surface area contributed by atoms with Gasteiger partial charge in [0.25, 0.3) is 0 Å². The summed E-state index contributed by atoms with van der Waals surface area (Å²) in [7, 11) is 3.32. The van der Waals surface area contributed by atoms with Gasteiger partial charge in [0.15, 0.2) is 0 Å². The van der Waals surface area contributed by atoms with E-state index in [2.05, 4.69) is 12.2 Å². The maximum Gasteiger partial charge on any atom is 0.123 e. The normalized spacial score (nSPS) is 12.4. The van der Waals surface area contributed by atoms with E-state index in [9.17, 15) is 0 Å². The van der Waals surface area contributed by atoms with Crippen molar-refractivity contribution in [3.63, 3.8) is 0 Å². The minimum absolute atomic E-state index is 0.0560. The second kappa shape index (κ2) is 10.00. The van der Waals surface area contributed by atoms with Crippen LogP contribution < -0.4 is 10.1 Å². The smallest absolute Gasteiger partial charge is 0.123 e. The Morgan fingerprint density at radius 2 is 2.05 bits per heavy atom. The molecule has 1 aromatic carbocycles. The molecule has 114 valence electrons. The van der Waals surface area contributed by atoms with Crippen LogP contribution in [0.5, 0.6) is 5.75 Å². The fourth-order valence-electron chi connectivity index (χ4n) is 1.90. The van der Waals surface area contributed by atoms with Crippen molar-refractivity contribution in [1.82, 2.24) is 5.32 Å². The van der Waals surface area contributed by atoms with Crippen LogP contribution >= 0.6 is 11.6 Å². The van der Waals surface area contributed by atoms with Gasteiger partial charge >= 0.3 is 0 Å². The molecule has 0 aromatic heterocycles. The SMILES string of the molecule is CCCNC(COCCOC)c1cc(Cl)ccc1OC. The number of halogens is 1. The molecule has 1 atom stereocenters. The number of nitrogens with one attached hydrogen (secondary N) is 1. The van der Waals surface area contributed by atoms with Gasteiger partial charge in [-0.15, -0.1) is 0 Å². The van der Waals surface area contributed by atoms with E-state index in [1.807, 2.05) is 18.2 Å². The Kier molecular flexibility index (Phi) is 8.62. The van der Waals surface area contributed by atoms with E-state index in [-0.39, 0.29) is 6.04 Å². The summed E-state index contributed by atoms with van der Waals surface area (Å²) in [6.07, 6.45) is 1.05. The van der Waals surface area contributed by atoms with Crippen molar-refractivity contribution in [3.05, 3.63) is 28.8 Å². The molecule has 0 aliphatic rings. The molecule has 0 aliphatic carbocycles. The maximum absolute atomic E-state index is 6.09. The summed E-state index contributed by atoms with van der Waals surface area (Å²) in [5.41, 5.74) is 1.02. The Morgan fingerprint density at radius 3 is 2.70 bits per heavy atom. The Hall–Kier alpha value is -0.810. The van der Waals surface area contributed by atoms with Crippen molar-refractivity contribution in [2.45, 2.75) is 19.4 Å². The van der Waals surface area contributed by atoms with Crippen molar-refractivity contribution in [2.24, 2.45) is 0 Å². The van der Waals surface area contributed by atoms with E-state index in [0.29, 0.717) is 24.8 Å². The topological polar surface area (TPSA) is 39.7 Å². The molecule has 0 bridgehead atoms. The Labute approximate surface area is 126 Å².